The van der Waals surface area contributed by atoms with Gasteiger partial charge in [0.25, 0.3) is 0 Å². The first-order valence-corrected chi connectivity index (χ1v) is 9.23. The predicted octanol–water partition coefficient (Wildman–Crippen LogP) is 3.53. The van der Waals surface area contributed by atoms with Crippen molar-refractivity contribution in [3.8, 4) is 12.3 Å². The standard InChI is InChI=1S/C23H23NO2/c1-2-17-9-6-10-19(11-17)23(25)20-12-21-15-26-16-22(13-20)24(21)14-18-7-4-3-5-8-18/h1,3-11,20-22H,12-16H2. The van der Waals surface area contributed by atoms with E-state index in [9.17, 15) is 4.79 Å². The molecular formula is C23H23NO2. The number of rotatable bonds is 4. The van der Waals surface area contributed by atoms with Gasteiger partial charge in [-0.3, -0.25) is 9.69 Å². The van der Waals surface area contributed by atoms with Gasteiger partial charge >= 0.3 is 0 Å². The summed E-state index contributed by atoms with van der Waals surface area (Å²) < 4.78 is 5.80. The van der Waals surface area contributed by atoms with E-state index in [0.717, 1.165) is 30.5 Å². The van der Waals surface area contributed by atoms with Crippen molar-refractivity contribution in [2.24, 2.45) is 5.92 Å². The molecule has 0 amide bonds. The van der Waals surface area contributed by atoms with E-state index in [1.54, 1.807) is 0 Å². The molecule has 3 heteroatoms. The lowest BCUT2D eigenvalue weighted by Gasteiger charge is -2.48. The largest absolute Gasteiger partial charge is 0.378 e. The second-order valence-corrected chi connectivity index (χ2v) is 7.26. The minimum Gasteiger partial charge on any atom is -0.378 e. The lowest BCUT2D eigenvalue weighted by Crippen LogP contribution is -2.57. The molecular weight excluding hydrogens is 322 g/mol. The van der Waals surface area contributed by atoms with Crippen LogP contribution in [0.5, 0.6) is 0 Å². The van der Waals surface area contributed by atoms with Crippen LogP contribution in [0.3, 0.4) is 0 Å². The zero-order valence-electron chi connectivity index (χ0n) is 14.8. The van der Waals surface area contributed by atoms with Gasteiger partial charge in [0.05, 0.1) is 13.2 Å². The molecule has 2 fully saturated rings. The quantitative estimate of drug-likeness (QED) is 0.627. The number of hydrogen-bond acceptors (Lipinski definition) is 3. The normalized spacial score (nSPS) is 25.4. The number of Topliss-reactive ketones (excluding diaryl/α,β-unsaturated/α-hetero) is 1. The molecule has 26 heavy (non-hydrogen) atoms. The van der Waals surface area contributed by atoms with Gasteiger partial charge in [-0.25, -0.2) is 0 Å². The van der Waals surface area contributed by atoms with Crippen LogP contribution < -0.4 is 0 Å². The maximum Gasteiger partial charge on any atom is 0.166 e. The summed E-state index contributed by atoms with van der Waals surface area (Å²) in [6.07, 6.45) is 7.18. The number of hydrogen-bond donors (Lipinski definition) is 0. The lowest BCUT2D eigenvalue weighted by atomic mass is 9.80. The van der Waals surface area contributed by atoms with E-state index in [1.165, 1.54) is 5.56 Å². The van der Waals surface area contributed by atoms with Crippen molar-refractivity contribution in [3.63, 3.8) is 0 Å². The monoisotopic (exact) mass is 345 g/mol. The van der Waals surface area contributed by atoms with Gasteiger partial charge in [-0.1, -0.05) is 48.4 Å². The summed E-state index contributed by atoms with van der Waals surface area (Å²) in [6, 6.07) is 18.6. The van der Waals surface area contributed by atoms with Crippen molar-refractivity contribution in [2.45, 2.75) is 31.5 Å². The smallest absolute Gasteiger partial charge is 0.166 e. The van der Waals surface area contributed by atoms with Crippen LogP contribution in [-0.4, -0.2) is 36.0 Å². The number of carbonyl (C=O) groups is 1. The van der Waals surface area contributed by atoms with E-state index in [4.69, 9.17) is 11.2 Å². The molecule has 0 spiro atoms. The molecule has 132 valence electrons. The Morgan fingerprint density at radius 3 is 2.50 bits per heavy atom. The summed E-state index contributed by atoms with van der Waals surface area (Å²) in [5.74, 6) is 2.89. The van der Waals surface area contributed by atoms with Crippen molar-refractivity contribution in [2.75, 3.05) is 13.2 Å². The number of ether oxygens (including phenoxy) is 1. The minimum absolute atomic E-state index is 0.0500. The lowest BCUT2D eigenvalue weighted by molar-refractivity contribution is -0.0872. The Morgan fingerprint density at radius 2 is 1.81 bits per heavy atom. The Labute approximate surface area is 155 Å². The molecule has 2 aromatic rings. The molecule has 0 N–H and O–H groups in total. The van der Waals surface area contributed by atoms with Gasteiger partial charge in [0.15, 0.2) is 5.78 Å². The first-order chi connectivity index (χ1) is 12.7. The Balaban J connectivity index is 1.50. The Morgan fingerprint density at radius 1 is 1.08 bits per heavy atom. The SMILES string of the molecule is C#Cc1cccc(C(=O)C2CC3COCC(C2)N3Cc2ccccc2)c1. The van der Waals surface area contributed by atoms with Gasteiger partial charge in [-0.2, -0.15) is 0 Å². The molecule has 2 saturated heterocycles. The van der Waals surface area contributed by atoms with Crippen molar-refractivity contribution in [1.29, 1.82) is 0 Å². The molecule has 2 bridgehead atoms. The van der Waals surface area contributed by atoms with E-state index in [2.05, 4.69) is 35.1 Å². The van der Waals surface area contributed by atoms with Crippen LogP contribution in [0.25, 0.3) is 0 Å². The summed E-state index contributed by atoms with van der Waals surface area (Å²) >= 11 is 0. The molecule has 2 aliphatic rings. The van der Waals surface area contributed by atoms with Gasteiger partial charge in [-0.05, 0) is 30.5 Å². The molecule has 0 aliphatic carbocycles. The molecule has 2 atom stereocenters. The molecule has 0 saturated carbocycles. The van der Waals surface area contributed by atoms with Crippen LogP contribution in [0.4, 0.5) is 0 Å². The number of nitrogens with zero attached hydrogens (tertiary/aromatic N) is 1. The van der Waals surface area contributed by atoms with Gasteiger partial charge in [0, 0.05) is 35.7 Å². The summed E-state index contributed by atoms with van der Waals surface area (Å²) in [5, 5.41) is 0. The van der Waals surface area contributed by atoms with E-state index < -0.39 is 0 Å². The highest BCUT2D eigenvalue weighted by Gasteiger charge is 2.41. The van der Waals surface area contributed by atoms with Crippen molar-refractivity contribution in [1.82, 2.24) is 4.90 Å². The zero-order valence-corrected chi connectivity index (χ0v) is 14.8. The van der Waals surface area contributed by atoms with E-state index >= 15 is 0 Å². The molecule has 4 rings (SSSR count). The molecule has 0 radical (unpaired) electrons. The molecule has 2 aliphatic heterocycles. The average Bonchev–Trinajstić information content (AvgIpc) is 2.68. The highest BCUT2D eigenvalue weighted by molar-refractivity contribution is 5.98. The molecule has 3 nitrogen and oxygen atoms in total. The zero-order chi connectivity index (χ0) is 17.9. The highest BCUT2D eigenvalue weighted by atomic mass is 16.5. The number of morpholine rings is 1. The minimum atomic E-state index is 0.0500. The Bertz CT molecular complexity index is 810. The highest BCUT2D eigenvalue weighted by Crippen LogP contribution is 2.34. The van der Waals surface area contributed by atoms with Gasteiger partial charge in [0.1, 0.15) is 0 Å². The summed E-state index contributed by atoms with van der Waals surface area (Å²) in [6.45, 7) is 2.34. The summed E-state index contributed by atoms with van der Waals surface area (Å²) in [5.41, 5.74) is 2.82. The maximum absolute atomic E-state index is 13.0. The third-order valence-corrected chi connectivity index (χ3v) is 5.56. The number of fused-ring (bicyclic) bond motifs is 2. The molecule has 0 aromatic heterocycles. The maximum atomic E-state index is 13.0. The van der Waals surface area contributed by atoms with Crippen molar-refractivity contribution < 1.29 is 9.53 Å². The first kappa shape index (κ1) is 17.0. The molecule has 2 unspecified atom stereocenters. The van der Waals surface area contributed by atoms with Crippen molar-refractivity contribution >= 4 is 5.78 Å². The van der Waals surface area contributed by atoms with E-state index in [1.807, 2.05) is 30.3 Å². The third kappa shape index (κ3) is 3.44. The molecule has 2 heterocycles. The number of carbonyl (C=O) groups excluding carboxylic acids is 1. The number of ketones is 1. The Kier molecular flexibility index (Phi) is 4.88. The number of terminal acetylenes is 1. The van der Waals surface area contributed by atoms with Crippen molar-refractivity contribution in [3.05, 3.63) is 71.3 Å². The Hall–Kier alpha value is -2.41. The van der Waals surface area contributed by atoms with Crippen LogP contribution >= 0.6 is 0 Å². The fraction of sp³-hybridized carbons (Fsp3) is 0.348. The van der Waals surface area contributed by atoms with E-state index in [-0.39, 0.29) is 11.7 Å². The fourth-order valence-electron chi connectivity index (χ4n) is 4.25. The summed E-state index contributed by atoms with van der Waals surface area (Å²) in [4.78, 5) is 15.6. The second-order valence-electron chi connectivity index (χ2n) is 7.26. The second kappa shape index (κ2) is 7.45. The molecule has 2 aromatic carbocycles. The number of benzene rings is 2. The predicted molar refractivity (Wildman–Crippen MR) is 102 cm³/mol. The van der Waals surface area contributed by atoms with Gasteiger partial charge in [-0.15, -0.1) is 6.42 Å². The van der Waals surface area contributed by atoms with Crippen LogP contribution in [0, 0.1) is 18.3 Å². The number of piperidine rings is 1. The van der Waals surface area contributed by atoms with Gasteiger partial charge < -0.3 is 4.74 Å². The first-order valence-electron chi connectivity index (χ1n) is 9.23. The topological polar surface area (TPSA) is 29.5 Å². The van der Waals surface area contributed by atoms with E-state index in [0.29, 0.717) is 25.3 Å². The van der Waals surface area contributed by atoms with Crippen LogP contribution in [-0.2, 0) is 11.3 Å². The van der Waals surface area contributed by atoms with Crippen LogP contribution in [0.15, 0.2) is 54.6 Å². The van der Waals surface area contributed by atoms with Crippen LogP contribution in [0.2, 0.25) is 0 Å². The van der Waals surface area contributed by atoms with Crippen LogP contribution in [0.1, 0.15) is 34.3 Å². The fourth-order valence-corrected chi connectivity index (χ4v) is 4.25. The average molecular weight is 345 g/mol. The van der Waals surface area contributed by atoms with Gasteiger partial charge in [0.2, 0.25) is 0 Å². The third-order valence-electron chi connectivity index (χ3n) is 5.56. The summed E-state index contributed by atoms with van der Waals surface area (Å²) in [7, 11) is 0.